The van der Waals surface area contributed by atoms with E-state index in [1.54, 1.807) is 6.07 Å². The van der Waals surface area contributed by atoms with Crippen LogP contribution < -0.4 is 0 Å². The highest BCUT2D eigenvalue weighted by atomic mass is 16.3. The van der Waals surface area contributed by atoms with E-state index < -0.39 is 0 Å². The maximum Gasteiger partial charge on any atom is 0.185 e. The summed E-state index contributed by atoms with van der Waals surface area (Å²) in [4.78, 5) is 13.1. The molecular weight excluding hydrogens is 238 g/mol. The topological polar surface area (TPSA) is 33.5 Å². The molecule has 0 unspecified atom stereocenters. The average Bonchev–Trinajstić information content (AvgIpc) is 3.09. The molecule has 2 heterocycles. The summed E-state index contributed by atoms with van der Waals surface area (Å²) in [6.07, 6.45) is 3.35. The van der Waals surface area contributed by atoms with E-state index in [4.69, 9.17) is 4.42 Å². The Morgan fingerprint density at radius 2 is 2.00 bits per heavy atom. The third kappa shape index (κ3) is 2.76. The van der Waals surface area contributed by atoms with E-state index in [9.17, 15) is 4.79 Å². The van der Waals surface area contributed by atoms with Crippen molar-refractivity contribution < 1.29 is 9.21 Å². The molecule has 1 saturated heterocycles. The molecule has 1 aromatic heterocycles. The van der Waals surface area contributed by atoms with Crippen LogP contribution in [0.4, 0.5) is 0 Å². The SMILES string of the molecule is O=Cc1ccc(-c2cccc(CN3CCCC3)c2)o1. The molecule has 0 N–H and O–H groups in total. The zero-order valence-corrected chi connectivity index (χ0v) is 10.8. The van der Waals surface area contributed by atoms with Gasteiger partial charge in [-0.2, -0.15) is 0 Å². The standard InChI is InChI=1S/C16H17NO2/c18-12-15-6-7-16(19-15)14-5-3-4-13(10-14)11-17-8-1-2-9-17/h3-7,10,12H,1-2,8-9,11H2. The van der Waals surface area contributed by atoms with Crippen LogP contribution in [0.15, 0.2) is 40.8 Å². The number of benzene rings is 1. The number of carbonyl (C=O) groups excluding carboxylic acids is 1. The first-order valence-corrected chi connectivity index (χ1v) is 6.72. The Kier molecular flexibility index (Phi) is 3.47. The first kappa shape index (κ1) is 12.2. The maximum atomic E-state index is 10.6. The summed E-state index contributed by atoms with van der Waals surface area (Å²) >= 11 is 0. The fourth-order valence-corrected chi connectivity index (χ4v) is 2.59. The third-order valence-electron chi connectivity index (χ3n) is 3.56. The summed E-state index contributed by atoms with van der Waals surface area (Å²) < 4.78 is 5.46. The number of carbonyl (C=O) groups is 1. The number of aldehydes is 1. The Morgan fingerprint density at radius 1 is 1.16 bits per heavy atom. The number of hydrogen-bond acceptors (Lipinski definition) is 3. The smallest absolute Gasteiger partial charge is 0.185 e. The summed E-state index contributed by atoms with van der Waals surface area (Å²) in [6, 6.07) is 11.9. The Balaban J connectivity index is 1.80. The molecule has 3 rings (SSSR count). The number of nitrogens with zero attached hydrogens (tertiary/aromatic N) is 1. The molecule has 2 aromatic rings. The minimum absolute atomic E-state index is 0.375. The van der Waals surface area contributed by atoms with Gasteiger partial charge in [0.25, 0.3) is 0 Å². The second-order valence-electron chi connectivity index (χ2n) is 5.00. The van der Waals surface area contributed by atoms with Crippen LogP contribution in [0.25, 0.3) is 11.3 Å². The molecule has 1 fully saturated rings. The largest absolute Gasteiger partial charge is 0.453 e. The van der Waals surface area contributed by atoms with Crippen LogP contribution in [-0.2, 0) is 6.54 Å². The summed E-state index contributed by atoms with van der Waals surface area (Å²) in [6.45, 7) is 3.38. The fraction of sp³-hybridized carbons (Fsp3) is 0.312. The minimum Gasteiger partial charge on any atom is -0.453 e. The van der Waals surface area contributed by atoms with Gasteiger partial charge in [-0.3, -0.25) is 9.69 Å². The van der Waals surface area contributed by atoms with E-state index in [2.05, 4.69) is 17.0 Å². The molecule has 0 aliphatic carbocycles. The Morgan fingerprint density at radius 3 is 2.74 bits per heavy atom. The molecule has 1 aromatic carbocycles. The normalized spacial score (nSPS) is 15.8. The lowest BCUT2D eigenvalue weighted by atomic mass is 10.1. The van der Waals surface area contributed by atoms with E-state index in [0.717, 1.165) is 24.2 Å². The van der Waals surface area contributed by atoms with E-state index in [0.29, 0.717) is 5.76 Å². The molecule has 1 aliphatic heterocycles. The molecular formula is C16H17NO2. The van der Waals surface area contributed by atoms with Gasteiger partial charge in [0, 0.05) is 12.1 Å². The van der Waals surface area contributed by atoms with Crippen LogP contribution in [0.3, 0.4) is 0 Å². The third-order valence-corrected chi connectivity index (χ3v) is 3.56. The molecule has 3 nitrogen and oxygen atoms in total. The molecule has 98 valence electrons. The molecule has 19 heavy (non-hydrogen) atoms. The zero-order chi connectivity index (χ0) is 13.1. The number of hydrogen-bond donors (Lipinski definition) is 0. The van der Waals surface area contributed by atoms with Crippen molar-refractivity contribution in [3.63, 3.8) is 0 Å². The fourth-order valence-electron chi connectivity index (χ4n) is 2.59. The highest BCUT2D eigenvalue weighted by Gasteiger charge is 2.12. The predicted molar refractivity (Wildman–Crippen MR) is 74.0 cm³/mol. The van der Waals surface area contributed by atoms with Crippen molar-refractivity contribution in [2.45, 2.75) is 19.4 Å². The van der Waals surface area contributed by atoms with Crippen molar-refractivity contribution in [2.24, 2.45) is 0 Å². The van der Waals surface area contributed by atoms with Crippen LogP contribution in [0.1, 0.15) is 29.0 Å². The summed E-state index contributed by atoms with van der Waals surface area (Å²) in [7, 11) is 0. The van der Waals surface area contributed by atoms with Crippen LogP contribution in [0.5, 0.6) is 0 Å². The van der Waals surface area contributed by atoms with E-state index >= 15 is 0 Å². The van der Waals surface area contributed by atoms with Gasteiger partial charge in [0.15, 0.2) is 12.0 Å². The van der Waals surface area contributed by atoms with Gasteiger partial charge in [0.2, 0.25) is 0 Å². The van der Waals surface area contributed by atoms with Crippen LogP contribution in [0, 0.1) is 0 Å². The Labute approximate surface area is 112 Å². The van der Waals surface area contributed by atoms with Crippen LogP contribution >= 0.6 is 0 Å². The van der Waals surface area contributed by atoms with Crippen molar-refractivity contribution in [2.75, 3.05) is 13.1 Å². The molecule has 0 bridgehead atoms. The van der Waals surface area contributed by atoms with Gasteiger partial charge in [0.1, 0.15) is 5.76 Å². The molecule has 0 amide bonds. The second kappa shape index (κ2) is 5.41. The van der Waals surface area contributed by atoms with Gasteiger partial charge in [0.05, 0.1) is 0 Å². The highest BCUT2D eigenvalue weighted by molar-refractivity contribution is 5.72. The average molecular weight is 255 g/mol. The zero-order valence-electron chi connectivity index (χ0n) is 10.8. The number of rotatable bonds is 4. The summed E-state index contributed by atoms with van der Waals surface area (Å²) in [5, 5.41) is 0. The maximum absolute atomic E-state index is 10.6. The number of furan rings is 1. The van der Waals surface area contributed by atoms with Crippen LogP contribution in [-0.4, -0.2) is 24.3 Å². The highest BCUT2D eigenvalue weighted by Crippen LogP contribution is 2.23. The van der Waals surface area contributed by atoms with Gasteiger partial charge in [-0.05, 0) is 49.7 Å². The van der Waals surface area contributed by atoms with Crippen molar-refractivity contribution in [1.82, 2.24) is 4.90 Å². The molecule has 1 aliphatic rings. The van der Waals surface area contributed by atoms with Gasteiger partial charge in [-0.15, -0.1) is 0 Å². The van der Waals surface area contributed by atoms with Crippen molar-refractivity contribution in [3.05, 3.63) is 47.7 Å². The summed E-state index contributed by atoms with van der Waals surface area (Å²) in [5.74, 6) is 1.13. The lowest BCUT2D eigenvalue weighted by Crippen LogP contribution is -2.18. The van der Waals surface area contributed by atoms with E-state index in [-0.39, 0.29) is 0 Å². The quantitative estimate of drug-likeness (QED) is 0.785. The molecule has 0 radical (unpaired) electrons. The minimum atomic E-state index is 0.375. The number of likely N-dealkylation sites (tertiary alicyclic amines) is 1. The van der Waals surface area contributed by atoms with Gasteiger partial charge >= 0.3 is 0 Å². The monoisotopic (exact) mass is 255 g/mol. The second-order valence-corrected chi connectivity index (χ2v) is 5.00. The first-order chi connectivity index (χ1) is 9.35. The lowest BCUT2D eigenvalue weighted by molar-refractivity contribution is 0.110. The Bertz CT molecular complexity index is 568. The van der Waals surface area contributed by atoms with Crippen molar-refractivity contribution in [1.29, 1.82) is 0 Å². The first-order valence-electron chi connectivity index (χ1n) is 6.72. The van der Waals surface area contributed by atoms with Crippen molar-refractivity contribution >= 4 is 6.29 Å². The summed E-state index contributed by atoms with van der Waals surface area (Å²) in [5.41, 5.74) is 2.33. The Hall–Kier alpha value is -1.87. The molecule has 0 saturated carbocycles. The van der Waals surface area contributed by atoms with Crippen LogP contribution in [0.2, 0.25) is 0 Å². The van der Waals surface area contributed by atoms with E-state index in [1.165, 1.54) is 31.5 Å². The predicted octanol–water partition coefficient (Wildman–Crippen LogP) is 3.35. The molecule has 0 atom stereocenters. The van der Waals surface area contributed by atoms with Gasteiger partial charge in [-0.25, -0.2) is 0 Å². The molecule has 0 spiro atoms. The molecule has 3 heteroatoms. The van der Waals surface area contributed by atoms with E-state index in [1.807, 2.05) is 18.2 Å². The lowest BCUT2D eigenvalue weighted by Gasteiger charge is -2.14. The van der Waals surface area contributed by atoms with Gasteiger partial charge < -0.3 is 4.42 Å². The van der Waals surface area contributed by atoms with Crippen molar-refractivity contribution in [3.8, 4) is 11.3 Å². The van der Waals surface area contributed by atoms with Gasteiger partial charge in [-0.1, -0.05) is 18.2 Å².